The van der Waals surface area contributed by atoms with E-state index in [0.717, 1.165) is 0 Å². The highest BCUT2D eigenvalue weighted by atomic mass is 15.0. The van der Waals surface area contributed by atoms with E-state index in [1.165, 1.54) is 39.0 Å². The number of para-hydroxylation sites is 1. The zero-order chi connectivity index (χ0) is 13.6. The molecule has 0 saturated heterocycles. The van der Waals surface area contributed by atoms with Gasteiger partial charge in [0.05, 0.1) is 5.52 Å². The molecule has 96 valence electrons. The van der Waals surface area contributed by atoms with Crippen LogP contribution in [0.2, 0.25) is 0 Å². The Hall–Kier alpha value is -2.02. The number of nitrogens with zero attached hydrogens (tertiary/aromatic N) is 1. The van der Waals surface area contributed by atoms with Crippen molar-refractivity contribution in [2.24, 2.45) is 0 Å². The lowest BCUT2D eigenvalue weighted by molar-refractivity contribution is 1.03. The summed E-state index contributed by atoms with van der Waals surface area (Å²) in [5, 5.41) is 1.35. The van der Waals surface area contributed by atoms with E-state index in [9.17, 15) is 0 Å². The summed E-state index contributed by atoms with van der Waals surface area (Å²) in [5.74, 6) is 0. The third kappa shape index (κ3) is 1.86. The molecule has 0 bridgehead atoms. The van der Waals surface area contributed by atoms with Crippen molar-refractivity contribution in [2.75, 3.05) is 0 Å². The lowest BCUT2D eigenvalue weighted by Crippen LogP contribution is -1.98. The smallest absolute Gasteiger partial charge is 0.0534 e. The molecule has 0 aliphatic heterocycles. The van der Waals surface area contributed by atoms with Crippen LogP contribution in [0.1, 0.15) is 22.4 Å². The molecule has 3 aromatic rings. The SMILES string of the molecule is Cc1cc(C)cc(-n2c(C)c(C)c3ccccc32)c1. The zero-order valence-corrected chi connectivity index (χ0v) is 12.0. The fourth-order valence-corrected chi connectivity index (χ4v) is 2.94. The first kappa shape index (κ1) is 12.0. The van der Waals surface area contributed by atoms with Gasteiger partial charge in [0.25, 0.3) is 0 Å². The number of benzene rings is 2. The van der Waals surface area contributed by atoms with Gasteiger partial charge in [-0.05, 0) is 62.6 Å². The summed E-state index contributed by atoms with van der Waals surface area (Å²) in [6.07, 6.45) is 0. The Balaban J connectivity index is 2.39. The molecule has 0 atom stereocenters. The van der Waals surface area contributed by atoms with E-state index in [2.05, 4.69) is 74.7 Å². The van der Waals surface area contributed by atoms with E-state index in [-0.39, 0.29) is 0 Å². The summed E-state index contributed by atoms with van der Waals surface area (Å²) in [6, 6.07) is 15.4. The minimum Gasteiger partial charge on any atom is -0.314 e. The first-order chi connectivity index (χ1) is 9.08. The standard InChI is InChI=1S/C18H19N/c1-12-9-13(2)11-16(10-12)19-15(4)14(3)17-7-5-6-8-18(17)19/h5-11H,1-4H3. The molecule has 0 amide bonds. The first-order valence-corrected chi connectivity index (χ1v) is 6.73. The molecule has 0 N–H and O–H groups in total. The van der Waals surface area contributed by atoms with Crippen molar-refractivity contribution >= 4 is 10.9 Å². The lowest BCUT2D eigenvalue weighted by atomic mass is 10.1. The number of rotatable bonds is 1. The monoisotopic (exact) mass is 249 g/mol. The molecule has 1 aromatic heterocycles. The average molecular weight is 249 g/mol. The van der Waals surface area contributed by atoms with Crippen LogP contribution >= 0.6 is 0 Å². The van der Waals surface area contributed by atoms with Gasteiger partial charge in [-0.3, -0.25) is 0 Å². The molecule has 2 aromatic carbocycles. The maximum absolute atomic E-state index is 2.37. The highest BCUT2D eigenvalue weighted by molar-refractivity contribution is 5.87. The van der Waals surface area contributed by atoms with E-state index >= 15 is 0 Å². The Morgan fingerprint density at radius 2 is 1.42 bits per heavy atom. The van der Waals surface area contributed by atoms with Crippen molar-refractivity contribution in [2.45, 2.75) is 27.7 Å². The van der Waals surface area contributed by atoms with Crippen molar-refractivity contribution in [1.29, 1.82) is 0 Å². The average Bonchev–Trinajstić information content (AvgIpc) is 2.61. The van der Waals surface area contributed by atoms with E-state index in [1.807, 2.05) is 0 Å². The minimum atomic E-state index is 1.26. The zero-order valence-electron chi connectivity index (χ0n) is 12.0. The Bertz CT molecular complexity index is 742. The number of aromatic nitrogens is 1. The summed E-state index contributed by atoms with van der Waals surface area (Å²) in [4.78, 5) is 0. The van der Waals surface area contributed by atoms with E-state index in [1.54, 1.807) is 0 Å². The third-order valence-electron chi connectivity index (χ3n) is 3.89. The number of fused-ring (bicyclic) bond motifs is 1. The summed E-state index contributed by atoms with van der Waals surface area (Å²) < 4.78 is 2.37. The van der Waals surface area contributed by atoms with Crippen LogP contribution in [-0.2, 0) is 0 Å². The van der Waals surface area contributed by atoms with Crippen LogP contribution in [0.5, 0.6) is 0 Å². The van der Waals surface area contributed by atoms with Crippen molar-refractivity contribution in [1.82, 2.24) is 4.57 Å². The van der Waals surface area contributed by atoms with Gasteiger partial charge < -0.3 is 4.57 Å². The molecule has 1 nitrogen and oxygen atoms in total. The summed E-state index contributed by atoms with van der Waals surface area (Å²) in [5.41, 5.74) is 7.87. The molecule has 0 spiro atoms. The Kier molecular flexibility index (Phi) is 2.70. The second kappa shape index (κ2) is 4.27. The van der Waals surface area contributed by atoms with Crippen molar-refractivity contribution in [3.63, 3.8) is 0 Å². The number of hydrogen-bond acceptors (Lipinski definition) is 0. The van der Waals surface area contributed by atoms with Gasteiger partial charge in [-0.1, -0.05) is 24.3 Å². The van der Waals surface area contributed by atoms with Gasteiger partial charge >= 0.3 is 0 Å². The second-order valence-corrected chi connectivity index (χ2v) is 5.41. The molecule has 0 fully saturated rings. The molecular formula is C18H19N. The van der Waals surface area contributed by atoms with Crippen LogP contribution < -0.4 is 0 Å². The summed E-state index contributed by atoms with van der Waals surface area (Å²) in [6.45, 7) is 8.72. The van der Waals surface area contributed by atoms with Crippen LogP contribution in [0.4, 0.5) is 0 Å². The van der Waals surface area contributed by atoms with Crippen molar-refractivity contribution in [3.8, 4) is 5.69 Å². The van der Waals surface area contributed by atoms with Gasteiger partial charge in [-0.2, -0.15) is 0 Å². The molecule has 0 aliphatic carbocycles. The third-order valence-corrected chi connectivity index (χ3v) is 3.89. The van der Waals surface area contributed by atoms with Crippen LogP contribution in [0.25, 0.3) is 16.6 Å². The van der Waals surface area contributed by atoms with Crippen LogP contribution in [0.3, 0.4) is 0 Å². The molecule has 3 rings (SSSR count). The Morgan fingerprint density at radius 1 is 0.789 bits per heavy atom. The molecular weight excluding hydrogens is 230 g/mol. The Morgan fingerprint density at radius 3 is 2.11 bits per heavy atom. The van der Waals surface area contributed by atoms with Gasteiger partial charge in [0, 0.05) is 16.8 Å². The van der Waals surface area contributed by atoms with Gasteiger partial charge in [-0.15, -0.1) is 0 Å². The molecule has 0 aliphatic rings. The van der Waals surface area contributed by atoms with Gasteiger partial charge in [0.1, 0.15) is 0 Å². The van der Waals surface area contributed by atoms with Crippen molar-refractivity contribution < 1.29 is 0 Å². The molecule has 0 radical (unpaired) electrons. The maximum Gasteiger partial charge on any atom is 0.0534 e. The van der Waals surface area contributed by atoms with E-state index < -0.39 is 0 Å². The topological polar surface area (TPSA) is 4.93 Å². The minimum absolute atomic E-state index is 1.26. The largest absolute Gasteiger partial charge is 0.314 e. The molecule has 0 saturated carbocycles. The van der Waals surface area contributed by atoms with Gasteiger partial charge in [0.2, 0.25) is 0 Å². The normalized spacial score (nSPS) is 11.2. The maximum atomic E-state index is 2.37. The number of hydrogen-bond donors (Lipinski definition) is 0. The van der Waals surface area contributed by atoms with Crippen molar-refractivity contribution in [3.05, 3.63) is 64.8 Å². The quantitative estimate of drug-likeness (QED) is 0.580. The molecule has 1 heterocycles. The highest BCUT2D eigenvalue weighted by Crippen LogP contribution is 2.29. The van der Waals surface area contributed by atoms with Crippen LogP contribution in [0, 0.1) is 27.7 Å². The van der Waals surface area contributed by atoms with Gasteiger partial charge in [0.15, 0.2) is 0 Å². The fourth-order valence-electron chi connectivity index (χ4n) is 2.94. The molecule has 0 unspecified atom stereocenters. The predicted octanol–water partition coefficient (Wildman–Crippen LogP) is 4.86. The van der Waals surface area contributed by atoms with Crippen LogP contribution in [-0.4, -0.2) is 4.57 Å². The highest BCUT2D eigenvalue weighted by Gasteiger charge is 2.11. The molecule has 19 heavy (non-hydrogen) atoms. The first-order valence-electron chi connectivity index (χ1n) is 6.73. The summed E-state index contributed by atoms with van der Waals surface area (Å²) >= 11 is 0. The fraction of sp³-hybridized carbons (Fsp3) is 0.222. The predicted molar refractivity (Wildman–Crippen MR) is 82.2 cm³/mol. The summed E-state index contributed by atoms with van der Waals surface area (Å²) in [7, 11) is 0. The Labute approximate surface area is 114 Å². The van der Waals surface area contributed by atoms with E-state index in [4.69, 9.17) is 0 Å². The second-order valence-electron chi connectivity index (χ2n) is 5.41. The van der Waals surface area contributed by atoms with E-state index in [0.29, 0.717) is 0 Å². The van der Waals surface area contributed by atoms with Gasteiger partial charge in [-0.25, -0.2) is 0 Å². The number of aryl methyl sites for hydroxylation is 3. The lowest BCUT2D eigenvalue weighted by Gasteiger charge is -2.11. The molecule has 1 heteroatoms. The van der Waals surface area contributed by atoms with Crippen LogP contribution in [0.15, 0.2) is 42.5 Å².